The quantitative estimate of drug-likeness (QED) is 0.653. The number of aromatic nitrogens is 2. The Bertz CT molecular complexity index is 311. The molecule has 1 aromatic heterocycles. The second-order valence-electron chi connectivity index (χ2n) is 2.79. The Balaban J connectivity index is 2.50. The van der Waals surface area contributed by atoms with Crippen molar-refractivity contribution in [1.82, 2.24) is 10.1 Å². The Morgan fingerprint density at radius 2 is 2.36 bits per heavy atom. The van der Waals surface area contributed by atoms with Crippen molar-refractivity contribution in [2.45, 2.75) is 13.8 Å². The standard InChI is InChI=1S/C8H13N3O3/c1-4-13-7(12)5-11(3)8-9-6(2)10-14-8/h4-5H2,1-3H3. The minimum Gasteiger partial charge on any atom is -0.465 e. The first-order valence-electron chi connectivity index (χ1n) is 4.30. The zero-order valence-electron chi connectivity index (χ0n) is 8.48. The maximum Gasteiger partial charge on any atom is 0.325 e. The van der Waals surface area contributed by atoms with Crippen LogP contribution in [-0.4, -0.2) is 36.3 Å². The van der Waals surface area contributed by atoms with Gasteiger partial charge < -0.3 is 14.2 Å². The topological polar surface area (TPSA) is 68.5 Å². The molecule has 1 rings (SSSR count). The van der Waals surface area contributed by atoms with Gasteiger partial charge in [0, 0.05) is 7.05 Å². The van der Waals surface area contributed by atoms with Crippen molar-refractivity contribution in [3.8, 4) is 0 Å². The Labute approximate surface area is 81.8 Å². The summed E-state index contributed by atoms with van der Waals surface area (Å²) in [6.45, 7) is 3.95. The number of hydrogen-bond donors (Lipinski definition) is 0. The van der Waals surface area contributed by atoms with Crippen LogP contribution in [-0.2, 0) is 9.53 Å². The van der Waals surface area contributed by atoms with E-state index in [4.69, 9.17) is 9.26 Å². The fourth-order valence-corrected chi connectivity index (χ4v) is 0.909. The van der Waals surface area contributed by atoms with Gasteiger partial charge in [-0.3, -0.25) is 4.79 Å². The molecule has 0 N–H and O–H groups in total. The number of ether oxygens (including phenoxy) is 1. The molecule has 0 radical (unpaired) electrons. The Hall–Kier alpha value is -1.59. The van der Waals surface area contributed by atoms with E-state index in [0.717, 1.165) is 0 Å². The highest BCUT2D eigenvalue weighted by Gasteiger charge is 2.12. The van der Waals surface area contributed by atoms with E-state index in [2.05, 4.69) is 10.1 Å². The van der Waals surface area contributed by atoms with Gasteiger partial charge in [-0.25, -0.2) is 0 Å². The van der Waals surface area contributed by atoms with Gasteiger partial charge in [0.1, 0.15) is 6.54 Å². The summed E-state index contributed by atoms with van der Waals surface area (Å²) in [5.74, 6) is 0.224. The van der Waals surface area contributed by atoms with Crippen LogP contribution in [0.4, 0.5) is 6.01 Å². The number of carbonyl (C=O) groups excluding carboxylic acids is 1. The van der Waals surface area contributed by atoms with Crippen LogP contribution in [0.5, 0.6) is 0 Å². The number of esters is 1. The second-order valence-corrected chi connectivity index (χ2v) is 2.79. The molecule has 0 bridgehead atoms. The number of rotatable bonds is 4. The van der Waals surface area contributed by atoms with Crippen molar-refractivity contribution in [2.24, 2.45) is 0 Å². The number of anilines is 1. The van der Waals surface area contributed by atoms with Gasteiger partial charge in [0.05, 0.1) is 6.61 Å². The summed E-state index contributed by atoms with van der Waals surface area (Å²) < 4.78 is 9.63. The molecule has 0 atom stereocenters. The molecule has 0 unspecified atom stereocenters. The van der Waals surface area contributed by atoms with Crippen LogP contribution in [0.1, 0.15) is 12.7 Å². The van der Waals surface area contributed by atoms with E-state index in [1.165, 1.54) is 4.90 Å². The molecule has 0 amide bonds. The third-order valence-corrected chi connectivity index (χ3v) is 1.51. The normalized spacial score (nSPS) is 9.93. The summed E-state index contributed by atoms with van der Waals surface area (Å²) in [4.78, 5) is 16.6. The third kappa shape index (κ3) is 2.72. The molecule has 78 valence electrons. The van der Waals surface area contributed by atoms with Crippen LogP contribution in [0.3, 0.4) is 0 Å². The lowest BCUT2D eigenvalue weighted by atomic mass is 10.6. The molecule has 0 aliphatic heterocycles. The highest BCUT2D eigenvalue weighted by molar-refractivity contribution is 5.74. The van der Waals surface area contributed by atoms with Gasteiger partial charge in [0.2, 0.25) is 0 Å². The molecule has 0 aromatic carbocycles. The third-order valence-electron chi connectivity index (χ3n) is 1.51. The van der Waals surface area contributed by atoms with Crippen molar-refractivity contribution in [3.63, 3.8) is 0 Å². The van der Waals surface area contributed by atoms with Gasteiger partial charge in [-0.2, -0.15) is 4.98 Å². The van der Waals surface area contributed by atoms with E-state index in [1.807, 2.05) is 0 Å². The maximum atomic E-state index is 11.1. The zero-order valence-corrected chi connectivity index (χ0v) is 8.48. The first-order valence-corrected chi connectivity index (χ1v) is 4.30. The monoisotopic (exact) mass is 199 g/mol. The summed E-state index contributed by atoms with van der Waals surface area (Å²) in [5.41, 5.74) is 0. The van der Waals surface area contributed by atoms with Gasteiger partial charge in [0.25, 0.3) is 0 Å². The van der Waals surface area contributed by atoms with Gasteiger partial charge in [-0.1, -0.05) is 5.16 Å². The molecule has 0 saturated carbocycles. The lowest BCUT2D eigenvalue weighted by molar-refractivity contribution is -0.141. The van der Waals surface area contributed by atoms with Crippen LogP contribution >= 0.6 is 0 Å². The van der Waals surface area contributed by atoms with Crippen molar-refractivity contribution in [1.29, 1.82) is 0 Å². The molecule has 6 heteroatoms. The zero-order chi connectivity index (χ0) is 10.6. The van der Waals surface area contributed by atoms with Gasteiger partial charge in [-0.15, -0.1) is 0 Å². The predicted molar refractivity (Wildman–Crippen MR) is 48.9 cm³/mol. The number of aryl methyl sites for hydroxylation is 1. The lowest BCUT2D eigenvalue weighted by Gasteiger charge is -2.11. The second kappa shape index (κ2) is 4.59. The minimum absolute atomic E-state index is 0.107. The first kappa shape index (κ1) is 10.5. The fourth-order valence-electron chi connectivity index (χ4n) is 0.909. The number of likely N-dealkylation sites (N-methyl/N-ethyl adjacent to an activating group) is 1. The molecule has 0 aliphatic rings. The highest BCUT2D eigenvalue weighted by Crippen LogP contribution is 2.07. The van der Waals surface area contributed by atoms with E-state index >= 15 is 0 Å². The van der Waals surface area contributed by atoms with Crippen molar-refractivity contribution >= 4 is 12.0 Å². The summed E-state index contributed by atoms with van der Waals surface area (Å²) in [6.07, 6.45) is 0. The largest absolute Gasteiger partial charge is 0.465 e. The van der Waals surface area contributed by atoms with Crippen LogP contribution in [0.15, 0.2) is 4.52 Å². The van der Waals surface area contributed by atoms with Gasteiger partial charge >= 0.3 is 12.0 Å². The van der Waals surface area contributed by atoms with Crippen LogP contribution < -0.4 is 4.90 Å². The molecule has 1 aromatic rings. The Morgan fingerprint density at radius 1 is 1.64 bits per heavy atom. The smallest absolute Gasteiger partial charge is 0.325 e. The van der Waals surface area contributed by atoms with E-state index in [-0.39, 0.29) is 12.5 Å². The van der Waals surface area contributed by atoms with Crippen molar-refractivity contribution in [2.75, 3.05) is 25.1 Å². The van der Waals surface area contributed by atoms with Gasteiger partial charge in [0.15, 0.2) is 5.82 Å². The number of hydrogen-bond acceptors (Lipinski definition) is 6. The molecule has 0 fully saturated rings. The van der Waals surface area contributed by atoms with E-state index in [1.54, 1.807) is 20.9 Å². The molecular formula is C8H13N3O3. The SMILES string of the molecule is CCOC(=O)CN(C)c1nc(C)no1. The average molecular weight is 199 g/mol. The van der Waals surface area contributed by atoms with Crippen LogP contribution in [0.25, 0.3) is 0 Å². The molecule has 0 saturated heterocycles. The van der Waals surface area contributed by atoms with Crippen LogP contribution in [0, 0.1) is 6.92 Å². The highest BCUT2D eigenvalue weighted by atomic mass is 16.5. The van der Waals surface area contributed by atoms with Crippen molar-refractivity contribution in [3.05, 3.63) is 5.82 Å². The molecular weight excluding hydrogens is 186 g/mol. The number of nitrogens with zero attached hydrogens (tertiary/aromatic N) is 3. The summed E-state index contributed by atoms with van der Waals surface area (Å²) in [5, 5.41) is 3.61. The van der Waals surface area contributed by atoms with Crippen molar-refractivity contribution < 1.29 is 14.1 Å². The van der Waals surface area contributed by atoms with E-state index in [0.29, 0.717) is 18.4 Å². The molecule has 1 heterocycles. The molecule has 0 aliphatic carbocycles. The maximum absolute atomic E-state index is 11.1. The van der Waals surface area contributed by atoms with Crippen LogP contribution in [0.2, 0.25) is 0 Å². The predicted octanol–water partition coefficient (Wildman–Crippen LogP) is 0.377. The fraction of sp³-hybridized carbons (Fsp3) is 0.625. The summed E-state index contributed by atoms with van der Waals surface area (Å²) >= 11 is 0. The molecule has 0 spiro atoms. The Kier molecular flexibility index (Phi) is 3.44. The Morgan fingerprint density at radius 3 is 2.86 bits per heavy atom. The minimum atomic E-state index is -0.314. The lowest BCUT2D eigenvalue weighted by Crippen LogP contribution is -2.27. The molecule has 6 nitrogen and oxygen atoms in total. The average Bonchev–Trinajstić information content (AvgIpc) is 2.52. The molecule has 14 heavy (non-hydrogen) atoms. The van der Waals surface area contributed by atoms with E-state index in [9.17, 15) is 4.79 Å². The summed E-state index contributed by atoms with van der Waals surface area (Å²) in [7, 11) is 1.68. The first-order chi connectivity index (χ1) is 6.63. The number of carbonyl (C=O) groups is 1. The van der Waals surface area contributed by atoms with E-state index < -0.39 is 0 Å². The summed E-state index contributed by atoms with van der Waals surface area (Å²) in [6, 6.07) is 0.315. The van der Waals surface area contributed by atoms with Gasteiger partial charge in [-0.05, 0) is 13.8 Å².